The Morgan fingerprint density at radius 1 is 0.711 bits per heavy atom. The highest BCUT2D eigenvalue weighted by molar-refractivity contribution is 6.30. The number of nitrogens with zero attached hydrogens (tertiary/aromatic N) is 1. The molecule has 0 heterocycles. The van der Waals surface area contributed by atoms with E-state index < -0.39 is 12.0 Å². The molecule has 5 rings (SSSR count). The van der Waals surface area contributed by atoms with Gasteiger partial charge in [-0.05, 0) is 57.3 Å². The average molecular weight is 520 g/mol. The summed E-state index contributed by atoms with van der Waals surface area (Å²) in [4.78, 5) is 27.9. The van der Waals surface area contributed by atoms with E-state index in [4.69, 9.17) is 11.6 Å². The van der Waals surface area contributed by atoms with Gasteiger partial charge in [0, 0.05) is 23.6 Å². The van der Waals surface area contributed by atoms with Crippen molar-refractivity contribution in [1.82, 2.24) is 4.90 Å². The van der Waals surface area contributed by atoms with Crippen LogP contribution in [0.3, 0.4) is 0 Å². The largest absolute Gasteiger partial charge is 0.480 e. The van der Waals surface area contributed by atoms with Crippen molar-refractivity contribution in [2.75, 3.05) is 0 Å². The van der Waals surface area contributed by atoms with Crippen LogP contribution in [0.15, 0.2) is 121 Å². The first-order valence-electron chi connectivity index (χ1n) is 12.4. The molecule has 0 spiro atoms. The van der Waals surface area contributed by atoms with Crippen molar-refractivity contribution < 1.29 is 14.7 Å². The van der Waals surface area contributed by atoms with Crippen molar-refractivity contribution in [2.45, 2.75) is 19.0 Å². The van der Waals surface area contributed by atoms with E-state index in [9.17, 15) is 14.7 Å². The third-order valence-electron chi connectivity index (χ3n) is 6.72. The molecule has 0 aliphatic rings. The molecule has 1 amide bonds. The van der Waals surface area contributed by atoms with Crippen molar-refractivity contribution in [3.63, 3.8) is 0 Å². The summed E-state index contributed by atoms with van der Waals surface area (Å²) >= 11 is 6.05. The number of carbonyl (C=O) groups excluding carboxylic acids is 1. The molecule has 5 aromatic rings. The summed E-state index contributed by atoms with van der Waals surface area (Å²) in [5, 5.41) is 12.9. The Bertz CT molecular complexity index is 1560. The molecule has 0 saturated heterocycles. The fourth-order valence-electron chi connectivity index (χ4n) is 4.71. The van der Waals surface area contributed by atoms with Gasteiger partial charge in [-0.3, -0.25) is 4.79 Å². The molecular formula is C33H26ClNO3. The van der Waals surface area contributed by atoms with E-state index >= 15 is 0 Å². The number of carbonyl (C=O) groups is 2. The standard InChI is InChI=1S/C33H26ClNO3/c34-29-19-17-27(18-20-29)32(36)35(22-28-11-6-10-26-9-4-5-12-30(26)28)31(33(37)38)21-23-13-15-25(16-14-23)24-7-2-1-3-8-24/h1-20,31H,21-22H2,(H,37,38)/t31-/m1/s1. The molecule has 188 valence electrons. The Morgan fingerprint density at radius 2 is 1.34 bits per heavy atom. The normalized spacial score (nSPS) is 11.7. The molecule has 0 unspecified atom stereocenters. The molecule has 38 heavy (non-hydrogen) atoms. The Hall–Kier alpha value is -4.41. The first-order chi connectivity index (χ1) is 18.5. The summed E-state index contributed by atoms with van der Waals surface area (Å²) in [5.41, 5.74) is 4.25. The second-order valence-electron chi connectivity index (χ2n) is 9.20. The highest BCUT2D eigenvalue weighted by Gasteiger charge is 2.31. The minimum Gasteiger partial charge on any atom is -0.480 e. The van der Waals surface area contributed by atoms with Gasteiger partial charge >= 0.3 is 5.97 Å². The lowest BCUT2D eigenvalue weighted by molar-refractivity contribution is -0.142. The lowest BCUT2D eigenvalue weighted by atomic mass is 9.98. The molecule has 0 aliphatic heterocycles. The molecule has 0 fully saturated rings. The number of carboxylic acid groups (broad SMARTS) is 1. The number of hydrogen-bond acceptors (Lipinski definition) is 2. The van der Waals surface area contributed by atoms with Gasteiger partial charge in [0.2, 0.25) is 0 Å². The summed E-state index contributed by atoms with van der Waals surface area (Å²) in [6.45, 7) is 0.155. The van der Waals surface area contributed by atoms with E-state index in [1.165, 1.54) is 4.90 Å². The number of benzene rings is 5. The zero-order chi connectivity index (χ0) is 26.5. The topological polar surface area (TPSA) is 57.6 Å². The van der Waals surface area contributed by atoms with Gasteiger partial charge in [-0.1, -0.05) is 109 Å². The quantitative estimate of drug-likeness (QED) is 0.231. The fourth-order valence-corrected chi connectivity index (χ4v) is 4.84. The minimum absolute atomic E-state index is 0.155. The van der Waals surface area contributed by atoms with Crippen LogP contribution >= 0.6 is 11.6 Å². The van der Waals surface area contributed by atoms with E-state index in [2.05, 4.69) is 0 Å². The summed E-state index contributed by atoms with van der Waals surface area (Å²) in [7, 11) is 0. The molecule has 0 radical (unpaired) electrons. The Morgan fingerprint density at radius 3 is 2.05 bits per heavy atom. The maximum absolute atomic E-state index is 13.8. The summed E-state index contributed by atoms with van der Waals surface area (Å²) in [6, 6.07) is 37.1. The van der Waals surface area contributed by atoms with E-state index in [0.717, 1.165) is 33.0 Å². The smallest absolute Gasteiger partial charge is 0.326 e. The maximum Gasteiger partial charge on any atom is 0.326 e. The Balaban J connectivity index is 1.50. The van der Waals surface area contributed by atoms with Gasteiger partial charge in [0.25, 0.3) is 5.91 Å². The van der Waals surface area contributed by atoms with E-state index in [1.54, 1.807) is 24.3 Å². The van der Waals surface area contributed by atoms with Crippen LogP contribution in [0.2, 0.25) is 5.02 Å². The summed E-state index contributed by atoms with van der Waals surface area (Å²) < 4.78 is 0. The molecule has 5 heteroatoms. The number of carboxylic acids is 1. The number of aliphatic carboxylic acids is 1. The molecule has 0 bridgehead atoms. The zero-order valence-electron chi connectivity index (χ0n) is 20.6. The van der Waals surface area contributed by atoms with Crippen LogP contribution < -0.4 is 0 Å². The zero-order valence-corrected chi connectivity index (χ0v) is 21.4. The number of halogens is 1. The molecule has 0 aromatic heterocycles. The number of fused-ring (bicyclic) bond motifs is 1. The van der Waals surface area contributed by atoms with Crippen molar-refractivity contribution in [3.8, 4) is 11.1 Å². The van der Waals surface area contributed by atoms with Crippen LogP contribution in [-0.4, -0.2) is 27.9 Å². The molecule has 0 aliphatic carbocycles. The minimum atomic E-state index is -1.07. The van der Waals surface area contributed by atoms with E-state index in [0.29, 0.717) is 10.6 Å². The second kappa shape index (κ2) is 11.3. The third-order valence-corrected chi connectivity index (χ3v) is 6.98. The van der Waals surface area contributed by atoms with Gasteiger partial charge in [-0.25, -0.2) is 4.79 Å². The highest BCUT2D eigenvalue weighted by Crippen LogP contribution is 2.25. The number of hydrogen-bond donors (Lipinski definition) is 1. The summed E-state index contributed by atoms with van der Waals surface area (Å²) in [6.07, 6.45) is 0.175. The van der Waals surface area contributed by atoms with E-state index in [-0.39, 0.29) is 18.9 Å². The molecule has 1 atom stereocenters. The van der Waals surface area contributed by atoms with Crippen molar-refractivity contribution in [3.05, 3.63) is 143 Å². The highest BCUT2D eigenvalue weighted by atomic mass is 35.5. The average Bonchev–Trinajstić information content (AvgIpc) is 2.95. The lowest BCUT2D eigenvalue weighted by Gasteiger charge is -2.30. The van der Waals surface area contributed by atoms with Crippen LogP contribution in [0.25, 0.3) is 21.9 Å². The molecule has 1 N–H and O–H groups in total. The number of amides is 1. The van der Waals surface area contributed by atoms with Crippen LogP contribution in [0, 0.1) is 0 Å². The SMILES string of the molecule is O=C(O)[C@@H](Cc1ccc(-c2ccccc2)cc1)N(Cc1cccc2ccccc12)C(=O)c1ccc(Cl)cc1. The third kappa shape index (κ3) is 5.61. The first-order valence-corrected chi connectivity index (χ1v) is 12.8. The molecule has 4 nitrogen and oxygen atoms in total. The fraction of sp³-hybridized carbons (Fsp3) is 0.0909. The Labute approximate surface area is 226 Å². The van der Waals surface area contributed by atoms with Crippen molar-refractivity contribution >= 4 is 34.2 Å². The first kappa shape index (κ1) is 25.2. The lowest BCUT2D eigenvalue weighted by Crippen LogP contribution is -2.46. The van der Waals surface area contributed by atoms with Gasteiger partial charge in [0.05, 0.1) is 0 Å². The predicted molar refractivity (Wildman–Crippen MR) is 152 cm³/mol. The van der Waals surface area contributed by atoms with Gasteiger partial charge < -0.3 is 10.0 Å². The van der Waals surface area contributed by atoms with Crippen LogP contribution in [0.4, 0.5) is 0 Å². The maximum atomic E-state index is 13.8. The van der Waals surface area contributed by atoms with Crippen LogP contribution in [-0.2, 0) is 17.8 Å². The van der Waals surface area contributed by atoms with Gasteiger partial charge in [0.1, 0.15) is 6.04 Å². The van der Waals surface area contributed by atoms with Crippen molar-refractivity contribution in [2.24, 2.45) is 0 Å². The Kier molecular flexibility index (Phi) is 7.52. The van der Waals surface area contributed by atoms with Crippen LogP contribution in [0.5, 0.6) is 0 Å². The second-order valence-corrected chi connectivity index (χ2v) is 9.64. The monoisotopic (exact) mass is 519 g/mol. The van der Waals surface area contributed by atoms with Crippen molar-refractivity contribution in [1.29, 1.82) is 0 Å². The van der Waals surface area contributed by atoms with E-state index in [1.807, 2.05) is 97.1 Å². The predicted octanol–water partition coefficient (Wildman–Crippen LogP) is 7.50. The van der Waals surface area contributed by atoms with Gasteiger partial charge in [-0.15, -0.1) is 0 Å². The van der Waals surface area contributed by atoms with Gasteiger partial charge in [-0.2, -0.15) is 0 Å². The molecular weight excluding hydrogens is 494 g/mol. The van der Waals surface area contributed by atoms with Crippen LogP contribution in [0.1, 0.15) is 21.5 Å². The molecule has 0 saturated carbocycles. The number of rotatable bonds is 8. The molecule has 5 aromatic carbocycles. The summed E-state index contributed by atoms with van der Waals surface area (Å²) in [5.74, 6) is -1.41. The van der Waals surface area contributed by atoms with Gasteiger partial charge in [0.15, 0.2) is 0 Å².